The summed E-state index contributed by atoms with van der Waals surface area (Å²) in [6.45, 7) is 5.21. The zero-order valence-corrected chi connectivity index (χ0v) is 16.9. The molecule has 1 saturated carbocycles. The van der Waals surface area contributed by atoms with Crippen molar-refractivity contribution in [2.24, 2.45) is 10.4 Å². The van der Waals surface area contributed by atoms with Crippen LogP contribution in [0.15, 0.2) is 47.5 Å². The van der Waals surface area contributed by atoms with Gasteiger partial charge in [-0.3, -0.25) is 4.99 Å². The van der Waals surface area contributed by atoms with Crippen molar-refractivity contribution in [2.45, 2.75) is 71.8 Å². The highest BCUT2D eigenvalue weighted by atomic mass is 15.0. The minimum absolute atomic E-state index is 0.198. The van der Waals surface area contributed by atoms with Crippen molar-refractivity contribution in [1.82, 2.24) is 0 Å². The maximum atomic E-state index is 5.16. The Morgan fingerprint density at radius 1 is 0.889 bits per heavy atom. The van der Waals surface area contributed by atoms with E-state index in [-0.39, 0.29) is 5.41 Å². The highest BCUT2D eigenvalue weighted by Crippen LogP contribution is 2.44. The normalized spacial score (nSPS) is 20.6. The summed E-state index contributed by atoms with van der Waals surface area (Å²) < 4.78 is 0. The molecular weight excluding hydrogens is 328 g/mol. The molecule has 2 nitrogen and oxygen atoms in total. The predicted octanol–water partition coefficient (Wildman–Crippen LogP) is 6.60. The molecule has 4 rings (SSSR count). The lowest BCUT2D eigenvalue weighted by Crippen LogP contribution is -2.42. The zero-order chi connectivity index (χ0) is 18.7. The van der Waals surface area contributed by atoms with Crippen LogP contribution < -0.4 is 5.32 Å². The van der Waals surface area contributed by atoms with Gasteiger partial charge in [-0.1, -0.05) is 68.5 Å². The molecule has 2 aromatic carbocycles. The maximum Gasteiger partial charge on any atom is 0.108 e. The fourth-order valence-electron chi connectivity index (χ4n) is 4.80. The van der Waals surface area contributed by atoms with E-state index in [1.54, 1.807) is 0 Å². The Kier molecular flexibility index (Phi) is 5.33. The van der Waals surface area contributed by atoms with E-state index in [9.17, 15) is 0 Å². The Morgan fingerprint density at radius 2 is 1.56 bits per heavy atom. The number of nitrogens with zero attached hydrogens (tertiary/aromatic N) is 1. The molecule has 0 saturated heterocycles. The minimum atomic E-state index is 0.198. The van der Waals surface area contributed by atoms with E-state index in [1.165, 1.54) is 78.7 Å². The Labute approximate surface area is 164 Å². The standard InChI is InChI=1S/C25H32N2/c1-19-15-22-17-25(13-9-4-3-5-10-14-25)24(27-23(22)16-20(19)2)26-18-21-11-7-6-8-12-21/h6-8,11-12,15-16H,3-5,9-10,13-14,17-18H2,1-2H3,(H,26,27). The lowest BCUT2D eigenvalue weighted by molar-refractivity contribution is 0.299. The summed E-state index contributed by atoms with van der Waals surface area (Å²) in [7, 11) is 0. The van der Waals surface area contributed by atoms with E-state index >= 15 is 0 Å². The van der Waals surface area contributed by atoms with Crippen molar-refractivity contribution in [3.05, 3.63) is 64.7 Å². The molecule has 1 aliphatic heterocycles. The smallest absolute Gasteiger partial charge is 0.108 e. The highest BCUT2D eigenvalue weighted by molar-refractivity contribution is 6.02. The molecule has 1 spiro atoms. The van der Waals surface area contributed by atoms with Gasteiger partial charge in [-0.2, -0.15) is 0 Å². The zero-order valence-electron chi connectivity index (χ0n) is 16.9. The number of nitrogens with one attached hydrogen (secondary N) is 1. The van der Waals surface area contributed by atoms with Crippen LogP contribution in [0.1, 0.15) is 67.2 Å². The molecule has 0 amide bonds. The van der Waals surface area contributed by atoms with Crippen molar-refractivity contribution in [1.29, 1.82) is 0 Å². The van der Waals surface area contributed by atoms with E-state index in [4.69, 9.17) is 4.99 Å². The molecule has 1 fully saturated rings. The Morgan fingerprint density at radius 3 is 2.30 bits per heavy atom. The number of hydrogen-bond acceptors (Lipinski definition) is 1. The first-order chi connectivity index (χ1) is 13.2. The predicted molar refractivity (Wildman–Crippen MR) is 116 cm³/mol. The van der Waals surface area contributed by atoms with Crippen LogP contribution in [-0.2, 0) is 13.0 Å². The van der Waals surface area contributed by atoms with Gasteiger partial charge in [-0.25, -0.2) is 0 Å². The fraction of sp³-hybridized carbons (Fsp3) is 0.480. The molecule has 2 aromatic rings. The van der Waals surface area contributed by atoms with Crippen molar-refractivity contribution in [2.75, 3.05) is 5.32 Å². The number of benzene rings is 2. The number of fused-ring (bicyclic) bond motifs is 1. The third kappa shape index (κ3) is 3.95. The molecule has 0 radical (unpaired) electrons. The summed E-state index contributed by atoms with van der Waals surface area (Å²) in [4.78, 5) is 5.16. The minimum Gasteiger partial charge on any atom is -0.343 e. The Balaban J connectivity index is 1.71. The summed E-state index contributed by atoms with van der Waals surface area (Å²) in [6, 6.07) is 15.4. The third-order valence-electron chi connectivity index (χ3n) is 6.58. The topological polar surface area (TPSA) is 24.4 Å². The van der Waals surface area contributed by atoms with Crippen LogP contribution in [0.4, 0.5) is 5.69 Å². The van der Waals surface area contributed by atoms with Crippen LogP contribution in [0.3, 0.4) is 0 Å². The van der Waals surface area contributed by atoms with Crippen LogP contribution in [0.5, 0.6) is 0 Å². The fourth-order valence-corrected chi connectivity index (χ4v) is 4.80. The van der Waals surface area contributed by atoms with E-state index in [1.807, 2.05) is 0 Å². The lowest BCUT2D eigenvalue weighted by Gasteiger charge is -2.41. The SMILES string of the molecule is Cc1cc2c(cc1C)NC(=NCc1ccccc1)C1(CCCCCCC1)C2. The van der Waals surface area contributed by atoms with E-state index in [0.717, 1.165) is 13.0 Å². The van der Waals surface area contributed by atoms with Crippen LogP contribution in [0.25, 0.3) is 0 Å². The molecule has 1 aliphatic carbocycles. The monoisotopic (exact) mass is 360 g/mol. The quantitative estimate of drug-likeness (QED) is 0.641. The molecule has 1 heterocycles. The first-order valence-electron chi connectivity index (χ1n) is 10.6. The van der Waals surface area contributed by atoms with Gasteiger partial charge in [0.1, 0.15) is 5.84 Å². The van der Waals surface area contributed by atoms with Gasteiger partial charge in [-0.15, -0.1) is 0 Å². The molecule has 0 aromatic heterocycles. The summed E-state index contributed by atoms with van der Waals surface area (Å²) in [5.41, 5.74) is 7.01. The Bertz CT molecular complexity index is 812. The second-order valence-electron chi connectivity index (χ2n) is 8.59. The number of aliphatic imine (C=N–C) groups is 1. The van der Waals surface area contributed by atoms with Gasteiger partial charge >= 0.3 is 0 Å². The average Bonchev–Trinajstić information content (AvgIpc) is 2.65. The highest BCUT2D eigenvalue weighted by Gasteiger charge is 2.40. The number of rotatable bonds is 2. The summed E-state index contributed by atoms with van der Waals surface area (Å²) in [5, 5.41) is 3.79. The summed E-state index contributed by atoms with van der Waals surface area (Å²) >= 11 is 0. The van der Waals surface area contributed by atoms with Crippen LogP contribution in [0.2, 0.25) is 0 Å². The van der Waals surface area contributed by atoms with Crippen molar-refractivity contribution < 1.29 is 0 Å². The number of amidine groups is 1. The molecule has 2 aliphatic rings. The van der Waals surface area contributed by atoms with Crippen LogP contribution in [0, 0.1) is 19.3 Å². The van der Waals surface area contributed by atoms with Gasteiger partial charge in [0.25, 0.3) is 0 Å². The van der Waals surface area contributed by atoms with Gasteiger partial charge in [-0.05, 0) is 61.4 Å². The summed E-state index contributed by atoms with van der Waals surface area (Å²) in [5.74, 6) is 1.24. The number of hydrogen-bond donors (Lipinski definition) is 1. The average molecular weight is 361 g/mol. The van der Waals surface area contributed by atoms with Crippen molar-refractivity contribution in [3.63, 3.8) is 0 Å². The van der Waals surface area contributed by atoms with Crippen molar-refractivity contribution in [3.8, 4) is 0 Å². The van der Waals surface area contributed by atoms with E-state index in [0.29, 0.717) is 0 Å². The number of aryl methyl sites for hydroxylation is 2. The van der Waals surface area contributed by atoms with Gasteiger partial charge < -0.3 is 5.32 Å². The number of anilines is 1. The van der Waals surface area contributed by atoms with Crippen LogP contribution >= 0.6 is 0 Å². The first kappa shape index (κ1) is 18.3. The Hall–Kier alpha value is -2.09. The van der Waals surface area contributed by atoms with Gasteiger partial charge in [0.05, 0.1) is 6.54 Å². The molecule has 1 N–H and O–H groups in total. The molecule has 27 heavy (non-hydrogen) atoms. The van der Waals surface area contributed by atoms with E-state index in [2.05, 4.69) is 61.6 Å². The molecule has 0 bridgehead atoms. The largest absolute Gasteiger partial charge is 0.343 e. The van der Waals surface area contributed by atoms with Crippen molar-refractivity contribution >= 4 is 11.5 Å². The second-order valence-corrected chi connectivity index (χ2v) is 8.59. The molecular formula is C25H32N2. The molecule has 0 atom stereocenters. The third-order valence-corrected chi connectivity index (χ3v) is 6.58. The molecule has 142 valence electrons. The van der Waals surface area contributed by atoms with Crippen LogP contribution in [-0.4, -0.2) is 5.84 Å². The molecule has 2 heteroatoms. The lowest BCUT2D eigenvalue weighted by atomic mass is 9.69. The maximum absolute atomic E-state index is 5.16. The van der Waals surface area contributed by atoms with E-state index < -0.39 is 0 Å². The van der Waals surface area contributed by atoms with Gasteiger partial charge in [0.2, 0.25) is 0 Å². The van der Waals surface area contributed by atoms with Gasteiger partial charge in [0, 0.05) is 11.1 Å². The van der Waals surface area contributed by atoms with Gasteiger partial charge in [0.15, 0.2) is 0 Å². The molecule has 0 unspecified atom stereocenters. The second kappa shape index (κ2) is 7.88. The summed E-state index contributed by atoms with van der Waals surface area (Å²) in [6.07, 6.45) is 10.5. The first-order valence-corrected chi connectivity index (χ1v) is 10.6.